The summed E-state index contributed by atoms with van der Waals surface area (Å²) in [7, 11) is 0. The maximum Gasteiger partial charge on any atom is 0.178 e. The van der Waals surface area contributed by atoms with E-state index in [0.717, 1.165) is 11.0 Å². The molecule has 2 nitrogen and oxygen atoms in total. The summed E-state index contributed by atoms with van der Waals surface area (Å²) in [5.41, 5.74) is -0.277. The minimum atomic E-state index is -1.02. The summed E-state index contributed by atoms with van der Waals surface area (Å²) in [4.78, 5) is 0. The third-order valence-corrected chi connectivity index (χ3v) is 2.21. The summed E-state index contributed by atoms with van der Waals surface area (Å²) < 4.78 is 5.48. The lowest BCUT2D eigenvalue weighted by atomic mass is 10.1. The second kappa shape index (κ2) is 3.86. The lowest BCUT2D eigenvalue weighted by Crippen LogP contribution is -2.14. The van der Waals surface area contributed by atoms with Crippen molar-refractivity contribution in [2.45, 2.75) is 19.4 Å². The van der Waals surface area contributed by atoms with Crippen LogP contribution in [0.3, 0.4) is 0 Å². The second-order valence-corrected chi connectivity index (χ2v) is 4.54. The van der Waals surface area contributed by atoms with E-state index in [4.69, 9.17) is 16.0 Å². The van der Waals surface area contributed by atoms with Gasteiger partial charge in [0, 0.05) is 16.5 Å². The quantitative estimate of drug-likeness (QED) is 0.710. The summed E-state index contributed by atoms with van der Waals surface area (Å²) in [5, 5.41) is 11.0. The SMILES string of the molecule is CC(C)(O)C#Cc1cc2cc(Cl)ccc2o1. The highest BCUT2D eigenvalue weighted by atomic mass is 35.5. The van der Waals surface area contributed by atoms with E-state index in [1.807, 2.05) is 6.07 Å². The van der Waals surface area contributed by atoms with Crippen molar-refractivity contribution in [3.05, 3.63) is 35.0 Å². The number of benzene rings is 1. The van der Waals surface area contributed by atoms with Gasteiger partial charge in [0.1, 0.15) is 11.2 Å². The van der Waals surface area contributed by atoms with Crippen LogP contribution in [0.1, 0.15) is 19.6 Å². The fourth-order valence-corrected chi connectivity index (χ4v) is 1.47. The Morgan fingerprint density at radius 3 is 2.75 bits per heavy atom. The topological polar surface area (TPSA) is 33.4 Å². The van der Waals surface area contributed by atoms with Crippen LogP contribution in [0.15, 0.2) is 28.7 Å². The lowest BCUT2D eigenvalue weighted by Gasteiger charge is -2.05. The number of aliphatic hydroxyl groups is 1. The zero-order chi connectivity index (χ0) is 11.8. The zero-order valence-corrected chi connectivity index (χ0v) is 9.80. The van der Waals surface area contributed by atoms with E-state index in [2.05, 4.69) is 11.8 Å². The molecule has 0 fully saturated rings. The highest BCUT2D eigenvalue weighted by Crippen LogP contribution is 2.22. The standard InChI is InChI=1S/C13H11ClO2/c1-13(2,15)6-5-11-8-9-7-10(14)3-4-12(9)16-11/h3-4,7-8,15H,1-2H3. The molecular weight excluding hydrogens is 224 g/mol. The van der Waals surface area contributed by atoms with Gasteiger partial charge >= 0.3 is 0 Å². The smallest absolute Gasteiger partial charge is 0.178 e. The molecule has 0 aliphatic carbocycles. The Morgan fingerprint density at radius 1 is 1.31 bits per heavy atom. The van der Waals surface area contributed by atoms with Crippen molar-refractivity contribution in [2.24, 2.45) is 0 Å². The molecule has 0 spiro atoms. The van der Waals surface area contributed by atoms with Gasteiger partial charge in [-0.3, -0.25) is 0 Å². The predicted octanol–water partition coefficient (Wildman–Crippen LogP) is 3.21. The van der Waals surface area contributed by atoms with Crippen molar-refractivity contribution in [3.8, 4) is 11.8 Å². The monoisotopic (exact) mass is 234 g/mol. The van der Waals surface area contributed by atoms with E-state index < -0.39 is 5.60 Å². The van der Waals surface area contributed by atoms with Crippen LogP contribution in [-0.2, 0) is 0 Å². The van der Waals surface area contributed by atoms with Gasteiger partial charge in [-0.05, 0) is 38.0 Å². The van der Waals surface area contributed by atoms with Gasteiger partial charge in [-0.1, -0.05) is 17.5 Å². The van der Waals surface area contributed by atoms with Crippen molar-refractivity contribution in [3.63, 3.8) is 0 Å². The molecule has 0 unspecified atom stereocenters. The normalized spacial score (nSPS) is 11.2. The van der Waals surface area contributed by atoms with E-state index in [1.165, 1.54) is 0 Å². The highest BCUT2D eigenvalue weighted by Gasteiger charge is 2.07. The third-order valence-electron chi connectivity index (χ3n) is 1.97. The molecule has 0 atom stereocenters. The number of halogens is 1. The van der Waals surface area contributed by atoms with Crippen LogP contribution in [0.4, 0.5) is 0 Å². The number of fused-ring (bicyclic) bond motifs is 1. The summed E-state index contributed by atoms with van der Waals surface area (Å²) in [6.07, 6.45) is 0. The summed E-state index contributed by atoms with van der Waals surface area (Å²) in [6, 6.07) is 7.18. The van der Waals surface area contributed by atoms with Gasteiger partial charge in [0.05, 0.1) is 0 Å². The van der Waals surface area contributed by atoms with Gasteiger partial charge < -0.3 is 9.52 Å². The molecular formula is C13H11ClO2. The summed E-state index contributed by atoms with van der Waals surface area (Å²) in [5.74, 6) is 6.00. The molecule has 0 aliphatic heterocycles. The number of furan rings is 1. The van der Waals surface area contributed by atoms with Gasteiger partial charge in [0.25, 0.3) is 0 Å². The Morgan fingerprint density at radius 2 is 2.06 bits per heavy atom. The minimum absolute atomic E-state index is 0.527. The van der Waals surface area contributed by atoms with E-state index in [-0.39, 0.29) is 0 Å². The minimum Gasteiger partial charge on any atom is -0.448 e. The fourth-order valence-electron chi connectivity index (χ4n) is 1.29. The average molecular weight is 235 g/mol. The number of hydrogen-bond acceptors (Lipinski definition) is 2. The molecule has 0 bridgehead atoms. The molecule has 2 aromatic rings. The van der Waals surface area contributed by atoms with E-state index in [0.29, 0.717) is 10.8 Å². The van der Waals surface area contributed by atoms with Crippen molar-refractivity contribution in [2.75, 3.05) is 0 Å². The molecule has 0 amide bonds. The molecule has 82 valence electrons. The molecule has 16 heavy (non-hydrogen) atoms. The zero-order valence-electron chi connectivity index (χ0n) is 9.04. The van der Waals surface area contributed by atoms with Gasteiger partial charge in [-0.2, -0.15) is 0 Å². The average Bonchev–Trinajstić information content (AvgIpc) is 2.55. The van der Waals surface area contributed by atoms with E-state index >= 15 is 0 Å². The number of rotatable bonds is 0. The van der Waals surface area contributed by atoms with Crippen molar-refractivity contribution >= 4 is 22.6 Å². The fraction of sp³-hybridized carbons (Fsp3) is 0.231. The first-order valence-corrected chi connectivity index (χ1v) is 5.26. The Balaban J connectivity index is 2.43. The van der Waals surface area contributed by atoms with E-state index in [1.54, 1.807) is 32.0 Å². The maximum absolute atomic E-state index is 9.46. The third kappa shape index (κ3) is 2.57. The highest BCUT2D eigenvalue weighted by molar-refractivity contribution is 6.31. The van der Waals surface area contributed by atoms with Crippen LogP contribution in [0.25, 0.3) is 11.0 Å². The van der Waals surface area contributed by atoms with Crippen LogP contribution in [-0.4, -0.2) is 10.7 Å². The molecule has 0 aliphatic rings. The van der Waals surface area contributed by atoms with E-state index in [9.17, 15) is 5.11 Å². The van der Waals surface area contributed by atoms with Crippen LogP contribution < -0.4 is 0 Å². The molecule has 1 heterocycles. The first-order chi connectivity index (χ1) is 7.44. The Bertz CT molecular complexity index is 579. The van der Waals surface area contributed by atoms with Crippen LogP contribution in [0.5, 0.6) is 0 Å². The van der Waals surface area contributed by atoms with Crippen LogP contribution >= 0.6 is 11.6 Å². The van der Waals surface area contributed by atoms with Crippen LogP contribution in [0, 0.1) is 11.8 Å². The predicted molar refractivity (Wildman–Crippen MR) is 64.4 cm³/mol. The van der Waals surface area contributed by atoms with Gasteiger partial charge in [0.15, 0.2) is 5.76 Å². The Labute approximate surface area is 98.8 Å². The first kappa shape index (κ1) is 11.1. The molecule has 2 rings (SSSR count). The first-order valence-electron chi connectivity index (χ1n) is 4.89. The van der Waals surface area contributed by atoms with Gasteiger partial charge in [0.2, 0.25) is 0 Å². The molecule has 1 aromatic heterocycles. The van der Waals surface area contributed by atoms with Crippen molar-refractivity contribution < 1.29 is 9.52 Å². The summed E-state index contributed by atoms with van der Waals surface area (Å²) >= 11 is 5.86. The Kier molecular flexibility index (Phi) is 2.67. The molecule has 0 radical (unpaired) electrons. The number of hydrogen-bond donors (Lipinski definition) is 1. The maximum atomic E-state index is 9.46. The molecule has 1 aromatic carbocycles. The molecule has 3 heteroatoms. The second-order valence-electron chi connectivity index (χ2n) is 4.10. The largest absolute Gasteiger partial charge is 0.448 e. The van der Waals surface area contributed by atoms with Gasteiger partial charge in [-0.15, -0.1) is 0 Å². The van der Waals surface area contributed by atoms with Crippen LogP contribution in [0.2, 0.25) is 5.02 Å². The summed E-state index contributed by atoms with van der Waals surface area (Å²) in [6.45, 7) is 3.25. The van der Waals surface area contributed by atoms with Crippen molar-refractivity contribution in [1.29, 1.82) is 0 Å². The molecule has 1 N–H and O–H groups in total. The van der Waals surface area contributed by atoms with Gasteiger partial charge in [-0.25, -0.2) is 0 Å². The van der Waals surface area contributed by atoms with Crippen molar-refractivity contribution in [1.82, 2.24) is 0 Å². The Hall–Kier alpha value is -1.43. The lowest BCUT2D eigenvalue weighted by molar-refractivity contribution is 0.143. The molecule has 0 saturated heterocycles. The molecule has 0 saturated carbocycles.